The molecule has 3 rings (SSSR count). The fourth-order valence-corrected chi connectivity index (χ4v) is 3.52. The Hall–Kier alpha value is -0.610. The highest BCUT2D eigenvalue weighted by Crippen LogP contribution is 2.27. The first kappa shape index (κ1) is 12.8. The lowest BCUT2D eigenvalue weighted by Gasteiger charge is -2.46. The van der Waals surface area contributed by atoms with E-state index in [1.165, 1.54) is 25.9 Å². The van der Waals surface area contributed by atoms with Gasteiger partial charge in [0.2, 0.25) is 0 Å². The molecule has 96 valence electrons. The number of piperidine rings is 3. The van der Waals surface area contributed by atoms with E-state index in [1.54, 1.807) is 4.90 Å². The van der Waals surface area contributed by atoms with Crippen molar-refractivity contribution in [3.8, 4) is 0 Å². The highest BCUT2D eigenvalue weighted by Gasteiger charge is 2.41. The van der Waals surface area contributed by atoms with Gasteiger partial charge in [-0.05, 0) is 25.1 Å². The zero-order chi connectivity index (χ0) is 12.3. The van der Waals surface area contributed by atoms with Crippen LogP contribution in [-0.4, -0.2) is 37.3 Å². The summed E-state index contributed by atoms with van der Waals surface area (Å²) < 4.78 is 0. The first-order chi connectivity index (χ1) is 8.24. The van der Waals surface area contributed by atoms with Gasteiger partial charge in [0.15, 0.2) is 5.11 Å². The van der Waals surface area contributed by atoms with Crippen LogP contribution in [0.15, 0.2) is 12.7 Å². The van der Waals surface area contributed by atoms with E-state index in [2.05, 4.69) is 30.2 Å². The van der Waals surface area contributed by atoms with Crippen LogP contribution in [0.1, 0.15) is 19.8 Å². The number of nitrogens with one attached hydrogen (secondary N) is 3. The molecule has 3 nitrogen and oxygen atoms in total. The third kappa shape index (κ3) is 2.99. The van der Waals surface area contributed by atoms with E-state index in [-0.39, 0.29) is 0 Å². The van der Waals surface area contributed by atoms with Crippen LogP contribution in [0.4, 0.5) is 0 Å². The molecule has 0 amide bonds. The Balaban J connectivity index is 1.80. The largest absolute Gasteiger partial charge is 0.363 e. The summed E-state index contributed by atoms with van der Waals surface area (Å²) in [5.41, 5.74) is 0. The first-order valence-corrected chi connectivity index (χ1v) is 7.14. The molecule has 0 radical (unpaired) electrons. The number of hydrogen-bond acceptors (Lipinski definition) is 1. The minimum Gasteiger partial charge on any atom is -0.363 e. The molecule has 0 aliphatic carbocycles. The molecule has 3 fully saturated rings. The van der Waals surface area contributed by atoms with E-state index in [0.717, 1.165) is 36.1 Å². The molecule has 0 aromatic carbocycles. The minimum absolute atomic E-state index is 0.738. The fourth-order valence-electron chi connectivity index (χ4n) is 3.29. The van der Waals surface area contributed by atoms with Crippen molar-refractivity contribution in [3.05, 3.63) is 12.7 Å². The summed E-state index contributed by atoms with van der Waals surface area (Å²) in [5, 5.41) is 7.29. The average Bonchev–Trinajstić information content (AvgIpc) is 2.37. The summed E-state index contributed by atoms with van der Waals surface area (Å²) in [6.07, 6.45) is 4.87. The standard InChI is InChI=1S/C13H23N3S/c1-3-10-9-16-6-5-11(10)7-12(16)8-15-13(17)14-4-2/h3,10-12H,1,4-9H2,2H3,(H2,14,15,17)/p+1/t10-,11-,12+/m0/s1. The van der Waals surface area contributed by atoms with Gasteiger partial charge in [-0.2, -0.15) is 0 Å². The van der Waals surface area contributed by atoms with Gasteiger partial charge in [-0.1, -0.05) is 6.08 Å². The van der Waals surface area contributed by atoms with Gasteiger partial charge >= 0.3 is 0 Å². The van der Waals surface area contributed by atoms with Crippen molar-refractivity contribution in [2.75, 3.05) is 26.2 Å². The predicted octanol–water partition coefficient (Wildman–Crippen LogP) is -0.0503. The molecule has 1 unspecified atom stereocenters. The summed E-state index contributed by atoms with van der Waals surface area (Å²) in [5.74, 6) is 1.61. The SMILES string of the molecule is C=C[C@H]1C[NH+]2CC[C@H]1C[C@@H]2CNC(=S)NCC. The molecule has 3 aliphatic heterocycles. The molecular weight excluding hydrogens is 230 g/mol. The van der Waals surface area contributed by atoms with Crippen LogP contribution < -0.4 is 15.5 Å². The van der Waals surface area contributed by atoms with Gasteiger partial charge in [-0.25, -0.2) is 0 Å². The van der Waals surface area contributed by atoms with Crippen molar-refractivity contribution < 1.29 is 4.90 Å². The quantitative estimate of drug-likeness (QED) is 0.485. The molecule has 17 heavy (non-hydrogen) atoms. The van der Waals surface area contributed by atoms with Crippen molar-refractivity contribution >= 4 is 17.3 Å². The third-order valence-corrected chi connectivity index (χ3v) is 4.54. The molecule has 3 saturated heterocycles. The maximum Gasteiger partial charge on any atom is 0.166 e. The van der Waals surface area contributed by atoms with Crippen LogP contribution in [-0.2, 0) is 0 Å². The van der Waals surface area contributed by atoms with Crippen LogP contribution >= 0.6 is 12.2 Å². The molecule has 4 atom stereocenters. The topological polar surface area (TPSA) is 28.5 Å². The molecule has 0 saturated carbocycles. The van der Waals surface area contributed by atoms with Crippen LogP contribution in [0.2, 0.25) is 0 Å². The van der Waals surface area contributed by atoms with E-state index in [1.807, 2.05) is 0 Å². The number of fused-ring (bicyclic) bond motifs is 3. The second kappa shape index (κ2) is 5.83. The smallest absolute Gasteiger partial charge is 0.166 e. The van der Waals surface area contributed by atoms with Crippen molar-refractivity contribution in [2.24, 2.45) is 11.8 Å². The Morgan fingerprint density at radius 3 is 2.94 bits per heavy atom. The summed E-state index contributed by atoms with van der Waals surface area (Å²) in [7, 11) is 0. The van der Waals surface area contributed by atoms with Crippen LogP contribution in [0, 0.1) is 11.8 Å². The van der Waals surface area contributed by atoms with Crippen LogP contribution in [0.25, 0.3) is 0 Å². The zero-order valence-corrected chi connectivity index (χ0v) is 11.5. The summed E-state index contributed by atoms with van der Waals surface area (Å²) in [6.45, 7) is 10.5. The Labute approximate surface area is 110 Å². The van der Waals surface area contributed by atoms with Gasteiger partial charge in [-0.15, -0.1) is 6.58 Å². The number of quaternary nitrogens is 1. The summed E-state index contributed by atoms with van der Waals surface area (Å²) >= 11 is 5.21. The van der Waals surface area contributed by atoms with E-state index in [9.17, 15) is 0 Å². The number of thiocarbonyl (C=S) groups is 1. The van der Waals surface area contributed by atoms with Crippen molar-refractivity contribution in [1.82, 2.24) is 10.6 Å². The lowest BCUT2D eigenvalue weighted by atomic mass is 9.76. The summed E-state index contributed by atoms with van der Waals surface area (Å²) in [4.78, 5) is 1.74. The second-order valence-corrected chi connectivity index (χ2v) is 5.64. The van der Waals surface area contributed by atoms with Gasteiger partial charge < -0.3 is 15.5 Å². The van der Waals surface area contributed by atoms with E-state index in [4.69, 9.17) is 12.2 Å². The lowest BCUT2D eigenvalue weighted by Crippen LogP contribution is -3.20. The highest BCUT2D eigenvalue weighted by molar-refractivity contribution is 7.80. The fraction of sp³-hybridized carbons (Fsp3) is 0.769. The molecule has 3 N–H and O–H groups in total. The van der Waals surface area contributed by atoms with Crippen LogP contribution in [0.5, 0.6) is 0 Å². The summed E-state index contributed by atoms with van der Waals surface area (Å²) in [6, 6.07) is 0.738. The number of hydrogen-bond donors (Lipinski definition) is 3. The van der Waals surface area contributed by atoms with Crippen molar-refractivity contribution in [1.29, 1.82) is 0 Å². The first-order valence-electron chi connectivity index (χ1n) is 6.73. The monoisotopic (exact) mass is 254 g/mol. The Kier molecular flexibility index (Phi) is 4.40. The van der Waals surface area contributed by atoms with Crippen LogP contribution in [0.3, 0.4) is 0 Å². The van der Waals surface area contributed by atoms with Gasteiger partial charge in [-0.3, -0.25) is 0 Å². The predicted molar refractivity (Wildman–Crippen MR) is 75.2 cm³/mol. The second-order valence-electron chi connectivity index (χ2n) is 5.23. The van der Waals surface area contributed by atoms with Gasteiger partial charge in [0.05, 0.1) is 19.6 Å². The minimum atomic E-state index is 0.738. The van der Waals surface area contributed by atoms with Gasteiger partial charge in [0.1, 0.15) is 6.04 Å². The van der Waals surface area contributed by atoms with Gasteiger partial charge in [0.25, 0.3) is 0 Å². The Morgan fingerprint density at radius 1 is 1.53 bits per heavy atom. The van der Waals surface area contributed by atoms with E-state index in [0.29, 0.717) is 0 Å². The van der Waals surface area contributed by atoms with Crippen molar-refractivity contribution in [2.45, 2.75) is 25.8 Å². The molecule has 0 spiro atoms. The molecule has 0 aromatic heterocycles. The molecule has 0 aromatic rings. The Bertz CT molecular complexity index is 292. The van der Waals surface area contributed by atoms with Gasteiger partial charge in [0, 0.05) is 25.3 Å². The molecule has 4 heteroatoms. The lowest BCUT2D eigenvalue weighted by molar-refractivity contribution is -0.944. The molecule has 2 bridgehead atoms. The maximum absolute atomic E-state index is 5.21. The maximum atomic E-state index is 5.21. The normalized spacial score (nSPS) is 35.4. The molecule has 3 heterocycles. The Morgan fingerprint density at radius 2 is 2.35 bits per heavy atom. The third-order valence-electron chi connectivity index (χ3n) is 4.25. The van der Waals surface area contributed by atoms with E-state index >= 15 is 0 Å². The van der Waals surface area contributed by atoms with Crippen molar-refractivity contribution in [3.63, 3.8) is 0 Å². The van der Waals surface area contributed by atoms with E-state index < -0.39 is 0 Å². The zero-order valence-electron chi connectivity index (χ0n) is 10.7. The molecular formula is C13H24N3S+. The average molecular weight is 254 g/mol. The number of rotatable bonds is 4. The molecule has 3 aliphatic rings. The highest BCUT2D eigenvalue weighted by atomic mass is 32.1.